The van der Waals surface area contributed by atoms with Gasteiger partial charge in [-0.25, -0.2) is 0 Å². The zero-order valence-electron chi connectivity index (χ0n) is 6.78. The number of halogens is 1. The first-order valence-electron chi connectivity index (χ1n) is 3.65. The van der Waals surface area contributed by atoms with Crippen LogP contribution in [0, 0.1) is 0 Å². The van der Waals surface area contributed by atoms with Crippen molar-refractivity contribution in [2.75, 3.05) is 6.54 Å². The summed E-state index contributed by atoms with van der Waals surface area (Å²) >= 11 is 0. The van der Waals surface area contributed by atoms with Gasteiger partial charge in [-0.3, -0.25) is 0 Å². The topological polar surface area (TPSA) is 116 Å². The summed E-state index contributed by atoms with van der Waals surface area (Å²) in [4.78, 5) is 0. The predicted molar refractivity (Wildman–Crippen MR) is 45.2 cm³/mol. The molecule has 0 spiro atoms. The van der Waals surface area contributed by atoms with E-state index in [2.05, 4.69) is 0 Å². The van der Waals surface area contributed by atoms with E-state index in [9.17, 15) is 5.11 Å². The molecular weight excluding hydrogens is 202 g/mol. The molecule has 6 nitrogen and oxygen atoms in total. The van der Waals surface area contributed by atoms with E-state index in [1.165, 1.54) is 0 Å². The molecule has 13 heavy (non-hydrogen) atoms. The monoisotopic (exact) mass is 215 g/mol. The lowest BCUT2D eigenvalue weighted by Crippen LogP contribution is -2.59. The van der Waals surface area contributed by atoms with E-state index in [0.717, 1.165) is 0 Å². The number of hydrogen-bond donors (Lipinski definition) is 5. The molecule has 1 aliphatic rings. The van der Waals surface area contributed by atoms with E-state index in [-0.39, 0.29) is 19.0 Å². The zero-order valence-corrected chi connectivity index (χ0v) is 7.59. The Balaban J connectivity index is 0.00000144. The molecule has 0 aromatic carbocycles. The van der Waals surface area contributed by atoms with Gasteiger partial charge in [0.15, 0.2) is 6.29 Å². The third-order valence-electron chi connectivity index (χ3n) is 1.92. The molecule has 80 valence electrons. The first-order valence-corrected chi connectivity index (χ1v) is 3.65. The standard InChI is InChI=1S/C6H13NO5.ClH/c7-1-2-3(8)4(9)5(10)6(11)12-2;/h2-6,8-11H,1,7H2;1H/t2-,3-,4+,5+,6?;/m0./s1. The van der Waals surface area contributed by atoms with Gasteiger partial charge >= 0.3 is 0 Å². The van der Waals surface area contributed by atoms with Gasteiger partial charge in [0.05, 0.1) is 0 Å². The summed E-state index contributed by atoms with van der Waals surface area (Å²) in [5, 5.41) is 36.3. The minimum atomic E-state index is -1.49. The van der Waals surface area contributed by atoms with Crippen molar-refractivity contribution in [3.05, 3.63) is 0 Å². The fraction of sp³-hybridized carbons (Fsp3) is 1.00. The molecule has 7 heteroatoms. The maximum absolute atomic E-state index is 9.20. The Morgan fingerprint density at radius 1 is 1.00 bits per heavy atom. The van der Waals surface area contributed by atoms with Gasteiger partial charge in [0.2, 0.25) is 0 Å². The summed E-state index contributed by atoms with van der Waals surface area (Å²) < 4.78 is 4.70. The minimum absolute atomic E-state index is 0. The Morgan fingerprint density at radius 3 is 2.00 bits per heavy atom. The van der Waals surface area contributed by atoms with Crippen molar-refractivity contribution >= 4 is 12.4 Å². The van der Waals surface area contributed by atoms with Crippen LogP contribution in [0.5, 0.6) is 0 Å². The van der Waals surface area contributed by atoms with Crippen molar-refractivity contribution in [3.63, 3.8) is 0 Å². The number of aliphatic hydroxyl groups excluding tert-OH is 4. The second-order valence-corrected chi connectivity index (χ2v) is 2.77. The highest BCUT2D eigenvalue weighted by molar-refractivity contribution is 5.85. The molecule has 6 N–H and O–H groups in total. The highest BCUT2D eigenvalue weighted by atomic mass is 35.5. The average molecular weight is 216 g/mol. The van der Waals surface area contributed by atoms with Crippen molar-refractivity contribution in [2.24, 2.45) is 5.73 Å². The van der Waals surface area contributed by atoms with Crippen molar-refractivity contribution < 1.29 is 25.2 Å². The Hall–Kier alpha value is 0.0500. The number of ether oxygens (including phenoxy) is 1. The molecular formula is C6H14ClNO5. The second-order valence-electron chi connectivity index (χ2n) is 2.77. The highest BCUT2D eigenvalue weighted by Crippen LogP contribution is 2.18. The summed E-state index contributed by atoms with van der Waals surface area (Å²) in [6.45, 7) is -0.0258. The maximum atomic E-state index is 9.20. The Bertz CT molecular complexity index is 155. The van der Waals surface area contributed by atoms with Crippen molar-refractivity contribution in [3.8, 4) is 0 Å². The van der Waals surface area contributed by atoms with Crippen LogP contribution in [0.4, 0.5) is 0 Å². The summed E-state index contributed by atoms with van der Waals surface area (Å²) in [7, 11) is 0. The van der Waals surface area contributed by atoms with Gasteiger partial charge in [-0.2, -0.15) is 0 Å². The Labute approximate surface area is 81.3 Å². The van der Waals surface area contributed by atoms with Crippen LogP contribution in [0.1, 0.15) is 0 Å². The molecule has 0 bridgehead atoms. The second kappa shape index (κ2) is 5.06. The lowest BCUT2D eigenvalue weighted by Gasteiger charge is -2.37. The highest BCUT2D eigenvalue weighted by Gasteiger charge is 2.42. The molecule has 0 aromatic rings. The SMILES string of the molecule is Cl.NC[C@@H]1OC(O)[C@H](O)[C@H](O)[C@H]1O. The molecule has 1 unspecified atom stereocenters. The van der Waals surface area contributed by atoms with E-state index in [1.807, 2.05) is 0 Å². The predicted octanol–water partition coefficient (Wildman–Crippen LogP) is -2.83. The smallest absolute Gasteiger partial charge is 0.184 e. The molecule has 0 saturated carbocycles. The van der Waals surface area contributed by atoms with E-state index < -0.39 is 30.7 Å². The lowest BCUT2D eigenvalue weighted by atomic mass is 9.99. The summed E-state index contributed by atoms with van der Waals surface area (Å²) in [5.74, 6) is 0. The lowest BCUT2D eigenvalue weighted by molar-refractivity contribution is -0.279. The van der Waals surface area contributed by atoms with Crippen LogP contribution in [0.2, 0.25) is 0 Å². The van der Waals surface area contributed by atoms with Crippen LogP contribution < -0.4 is 5.73 Å². The molecule has 1 rings (SSSR count). The summed E-state index contributed by atoms with van der Waals surface area (Å²) in [6, 6.07) is 0. The van der Waals surface area contributed by atoms with Crippen LogP contribution in [0.25, 0.3) is 0 Å². The molecule has 1 aliphatic heterocycles. The largest absolute Gasteiger partial charge is 0.388 e. The first kappa shape index (κ1) is 13.1. The Kier molecular flexibility index (Phi) is 5.08. The van der Waals surface area contributed by atoms with Gasteiger partial charge < -0.3 is 30.9 Å². The fourth-order valence-corrected chi connectivity index (χ4v) is 1.13. The maximum Gasteiger partial charge on any atom is 0.184 e. The molecule has 1 fully saturated rings. The third kappa shape index (κ3) is 2.50. The van der Waals surface area contributed by atoms with Crippen molar-refractivity contribution in [1.29, 1.82) is 0 Å². The molecule has 0 aromatic heterocycles. The van der Waals surface area contributed by atoms with E-state index >= 15 is 0 Å². The van der Waals surface area contributed by atoms with Crippen molar-refractivity contribution in [1.82, 2.24) is 0 Å². The van der Waals surface area contributed by atoms with Crippen LogP contribution >= 0.6 is 12.4 Å². The van der Waals surface area contributed by atoms with Gasteiger partial charge in [0.25, 0.3) is 0 Å². The fourth-order valence-electron chi connectivity index (χ4n) is 1.13. The van der Waals surface area contributed by atoms with Crippen LogP contribution in [-0.2, 0) is 4.74 Å². The molecule has 5 atom stereocenters. The number of aliphatic hydroxyl groups is 4. The van der Waals surface area contributed by atoms with E-state index in [0.29, 0.717) is 0 Å². The van der Waals surface area contributed by atoms with Crippen LogP contribution in [-0.4, -0.2) is 57.7 Å². The van der Waals surface area contributed by atoms with Gasteiger partial charge in [-0.1, -0.05) is 0 Å². The number of hydrogen-bond acceptors (Lipinski definition) is 6. The van der Waals surface area contributed by atoms with Crippen LogP contribution in [0.3, 0.4) is 0 Å². The van der Waals surface area contributed by atoms with Gasteiger partial charge in [-0.15, -0.1) is 12.4 Å². The average Bonchev–Trinajstić information content (AvgIpc) is 2.08. The summed E-state index contributed by atoms with van der Waals surface area (Å²) in [6.07, 6.45) is -6.48. The molecule has 1 saturated heterocycles. The quantitative estimate of drug-likeness (QED) is 0.322. The molecule has 1 heterocycles. The first-order chi connectivity index (χ1) is 5.57. The molecule has 0 amide bonds. The molecule has 0 radical (unpaired) electrons. The Morgan fingerprint density at radius 2 is 1.54 bits per heavy atom. The van der Waals surface area contributed by atoms with E-state index in [1.54, 1.807) is 0 Å². The normalized spacial score (nSPS) is 45.5. The van der Waals surface area contributed by atoms with Crippen LogP contribution in [0.15, 0.2) is 0 Å². The van der Waals surface area contributed by atoms with Gasteiger partial charge in [0.1, 0.15) is 24.4 Å². The van der Waals surface area contributed by atoms with Crippen molar-refractivity contribution in [2.45, 2.75) is 30.7 Å². The van der Waals surface area contributed by atoms with Gasteiger partial charge in [-0.05, 0) is 0 Å². The van der Waals surface area contributed by atoms with Gasteiger partial charge in [0, 0.05) is 6.54 Å². The summed E-state index contributed by atoms with van der Waals surface area (Å²) in [5.41, 5.74) is 5.17. The van der Waals surface area contributed by atoms with E-state index in [4.69, 9.17) is 25.8 Å². The third-order valence-corrected chi connectivity index (χ3v) is 1.92. The molecule has 0 aliphatic carbocycles. The minimum Gasteiger partial charge on any atom is -0.388 e. The number of rotatable bonds is 1. The zero-order chi connectivity index (χ0) is 9.30. The number of nitrogens with two attached hydrogens (primary N) is 1.